The molecule has 1 atom stereocenters. The van der Waals surface area contributed by atoms with Crippen LogP contribution < -0.4 is 18.8 Å². The van der Waals surface area contributed by atoms with Crippen molar-refractivity contribution in [2.24, 2.45) is 0 Å². The number of nitrogens with zero attached hydrogens (tertiary/aromatic N) is 4. The van der Waals surface area contributed by atoms with Crippen molar-refractivity contribution in [3.8, 4) is 5.75 Å². The Morgan fingerprint density at radius 2 is 1.77 bits per heavy atom. The highest BCUT2D eigenvalue weighted by molar-refractivity contribution is 7.80. The maximum atomic E-state index is 12.4. The lowest BCUT2D eigenvalue weighted by Crippen LogP contribution is -2.36. The number of para-hydroxylation sites is 1. The first-order valence-corrected chi connectivity index (χ1v) is 12.3. The smallest absolute Gasteiger partial charge is 0.410 e. The van der Waals surface area contributed by atoms with E-state index in [2.05, 4.69) is 9.88 Å². The fraction of sp³-hybridized carbons (Fsp3) is 0.280. The van der Waals surface area contributed by atoms with Crippen molar-refractivity contribution in [2.75, 3.05) is 54.0 Å². The van der Waals surface area contributed by atoms with Gasteiger partial charge < -0.3 is 14.4 Å². The van der Waals surface area contributed by atoms with Crippen molar-refractivity contribution in [3.05, 3.63) is 78.5 Å². The van der Waals surface area contributed by atoms with Gasteiger partial charge in [0, 0.05) is 32.4 Å². The molecule has 2 heterocycles. The van der Waals surface area contributed by atoms with Gasteiger partial charge in [0.25, 0.3) is 11.3 Å². The zero-order valence-electron chi connectivity index (χ0n) is 19.4. The molecule has 0 aliphatic carbocycles. The standard InChI is InChI=1S/C25H28N4O5S/c1-27(21-5-3-2-4-6-21)25(30)34-23-10-7-20(8-11-23)13-14-29(35(31)32)22-9-12-24(26-19-22)28-15-17-33-18-16-28/h2-12,19H,13-18H2,1H3,(H,31,32). The molecule has 0 radical (unpaired) electrons. The first-order valence-electron chi connectivity index (χ1n) is 11.3. The van der Waals surface area contributed by atoms with Crippen LogP contribution in [-0.2, 0) is 22.4 Å². The number of amides is 1. The quantitative estimate of drug-likeness (QED) is 0.475. The maximum Gasteiger partial charge on any atom is 0.419 e. The van der Waals surface area contributed by atoms with Crippen LogP contribution in [0.3, 0.4) is 0 Å². The summed E-state index contributed by atoms with van der Waals surface area (Å²) < 4.78 is 34.0. The zero-order chi connectivity index (χ0) is 24.6. The molecule has 0 saturated carbocycles. The van der Waals surface area contributed by atoms with Gasteiger partial charge in [-0.1, -0.05) is 30.3 Å². The lowest BCUT2D eigenvalue weighted by molar-refractivity contribution is 0.122. The maximum absolute atomic E-state index is 12.4. The van der Waals surface area contributed by atoms with E-state index in [4.69, 9.17) is 9.47 Å². The summed E-state index contributed by atoms with van der Waals surface area (Å²) in [6.45, 7) is 3.19. The molecular formula is C25H28N4O5S. The summed E-state index contributed by atoms with van der Waals surface area (Å²) in [6.07, 6.45) is 1.65. The molecule has 3 aromatic rings. The lowest BCUT2D eigenvalue weighted by Gasteiger charge is -2.28. The van der Waals surface area contributed by atoms with Crippen molar-refractivity contribution < 1.29 is 23.0 Å². The number of morpholine rings is 1. The summed E-state index contributed by atoms with van der Waals surface area (Å²) in [5, 5.41) is 0. The van der Waals surface area contributed by atoms with Gasteiger partial charge >= 0.3 is 6.09 Å². The third-order valence-electron chi connectivity index (χ3n) is 5.69. The molecule has 0 bridgehead atoms. The van der Waals surface area contributed by atoms with Crippen LogP contribution in [0.25, 0.3) is 0 Å². The molecule has 1 aromatic heterocycles. The lowest BCUT2D eigenvalue weighted by atomic mass is 10.1. The fourth-order valence-corrected chi connectivity index (χ4v) is 4.22. The molecule has 4 rings (SSSR count). The normalized spacial score (nSPS) is 14.3. The molecule has 1 fully saturated rings. The van der Waals surface area contributed by atoms with Crippen molar-refractivity contribution in [1.82, 2.24) is 4.98 Å². The van der Waals surface area contributed by atoms with Gasteiger partial charge in [0.2, 0.25) is 0 Å². The number of anilines is 3. The van der Waals surface area contributed by atoms with Crippen LogP contribution in [0, 0.1) is 0 Å². The molecule has 35 heavy (non-hydrogen) atoms. The van der Waals surface area contributed by atoms with Crippen LogP contribution in [0.15, 0.2) is 72.9 Å². The fourth-order valence-electron chi connectivity index (χ4n) is 3.68. The van der Waals surface area contributed by atoms with Gasteiger partial charge in [-0.2, -0.15) is 0 Å². The highest BCUT2D eigenvalue weighted by atomic mass is 32.2. The summed E-state index contributed by atoms with van der Waals surface area (Å²) in [4.78, 5) is 20.4. The minimum Gasteiger partial charge on any atom is -0.410 e. The number of hydrogen-bond donors (Lipinski definition) is 1. The third kappa shape index (κ3) is 6.56. The predicted molar refractivity (Wildman–Crippen MR) is 136 cm³/mol. The SMILES string of the molecule is CN(C(=O)Oc1ccc(CCN(c2ccc(N3CCOCC3)nc2)S(=O)O)cc1)c1ccccc1. The van der Waals surface area contributed by atoms with Crippen molar-refractivity contribution in [1.29, 1.82) is 0 Å². The Balaban J connectivity index is 1.33. The van der Waals surface area contributed by atoms with Crippen LogP contribution in [-0.4, -0.2) is 59.7 Å². The molecule has 0 spiro atoms. The van der Waals surface area contributed by atoms with Crippen LogP contribution >= 0.6 is 0 Å². The monoisotopic (exact) mass is 496 g/mol. The summed E-state index contributed by atoms with van der Waals surface area (Å²) in [7, 11) is 1.65. The van der Waals surface area contributed by atoms with Gasteiger partial charge in [0.15, 0.2) is 0 Å². The first-order chi connectivity index (χ1) is 17.0. The van der Waals surface area contributed by atoms with Crippen molar-refractivity contribution in [3.63, 3.8) is 0 Å². The largest absolute Gasteiger partial charge is 0.419 e. The Morgan fingerprint density at radius 3 is 2.40 bits per heavy atom. The molecule has 2 aromatic carbocycles. The average molecular weight is 497 g/mol. The van der Waals surface area contributed by atoms with Gasteiger partial charge in [0.1, 0.15) is 11.6 Å². The van der Waals surface area contributed by atoms with E-state index in [1.807, 2.05) is 48.5 Å². The van der Waals surface area contributed by atoms with Crippen molar-refractivity contribution in [2.45, 2.75) is 6.42 Å². The molecule has 184 valence electrons. The summed E-state index contributed by atoms with van der Waals surface area (Å²) in [5.74, 6) is 1.25. The molecule has 1 saturated heterocycles. The zero-order valence-corrected chi connectivity index (χ0v) is 20.3. The Labute approximate surface area is 207 Å². The van der Waals surface area contributed by atoms with Crippen LogP contribution in [0.4, 0.5) is 22.0 Å². The summed E-state index contributed by atoms with van der Waals surface area (Å²) in [5.41, 5.74) is 2.24. The second-order valence-electron chi connectivity index (χ2n) is 7.96. The first kappa shape index (κ1) is 24.6. The molecule has 1 aliphatic heterocycles. The van der Waals surface area contributed by atoms with E-state index >= 15 is 0 Å². The Bertz CT molecular complexity index is 1120. The highest BCUT2D eigenvalue weighted by Crippen LogP contribution is 2.21. The minimum absolute atomic E-state index is 0.317. The number of ether oxygens (including phenoxy) is 2. The second kappa shape index (κ2) is 11.8. The number of aromatic nitrogens is 1. The number of hydrogen-bond acceptors (Lipinski definition) is 6. The van der Waals surface area contributed by atoms with Gasteiger partial charge in [-0.25, -0.2) is 14.0 Å². The molecule has 1 amide bonds. The van der Waals surface area contributed by atoms with E-state index in [1.54, 1.807) is 31.4 Å². The van der Waals surface area contributed by atoms with Gasteiger partial charge in [-0.3, -0.25) is 13.8 Å². The minimum atomic E-state index is -2.19. The number of rotatable bonds is 8. The molecule has 9 nitrogen and oxygen atoms in total. The van der Waals surface area contributed by atoms with Crippen LogP contribution in [0.1, 0.15) is 5.56 Å². The van der Waals surface area contributed by atoms with Gasteiger partial charge in [0.05, 0.1) is 25.1 Å². The van der Waals surface area contributed by atoms with E-state index in [9.17, 15) is 13.6 Å². The Morgan fingerprint density at radius 1 is 1.06 bits per heavy atom. The summed E-state index contributed by atoms with van der Waals surface area (Å²) >= 11 is -2.19. The van der Waals surface area contributed by atoms with Gasteiger partial charge in [-0.05, 0) is 48.4 Å². The second-order valence-corrected chi connectivity index (χ2v) is 8.87. The van der Waals surface area contributed by atoms with Crippen LogP contribution in [0.2, 0.25) is 0 Å². The Kier molecular flexibility index (Phi) is 8.30. The molecule has 1 aliphatic rings. The van der Waals surface area contributed by atoms with Gasteiger partial charge in [-0.15, -0.1) is 0 Å². The number of benzene rings is 2. The van der Waals surface area contributed by atoms with E-state index in [0.29, 0.717) is 37.6 Å². The molecular weight excluding hydrogens is 468 g/mol. The predicted octanol–water partition coefficient (Wildman–Crippen LogP) is 3.74. The van der Waals surface area contributed by atoms with E-state index in [-0.39, 0.29) is 0 Å². The topological polar surface area (TPSA) is 95.4 Å². The average Bonchev–Trinajstić information content (AvgIpc) is 2.90. The number of carbonyl (C=O) groups excluding carboxylic acids is 1. The third-order valence-corrected chi connectivity index (χ3v) is 6.46. The molecule has 10 heteroatoms. The highest BCUT2D eigenvalue weighted by Gasteiger charge is 2.17. The molecule has 1 N–H and O–H groups in total. The van der Waals surface area contributed by atoms with E-state index in [1.165, 1.54) is 9.21 Å². The van der Waals surface area contributed by atoms with E-state index in [0.717, 1.165) is 30.2 Å². The number of pyridine rings is 1. The van der Waals surface area contributed by atoms with Crippen LogP contribution in [0.5, 0.6) is 5.75 Å². The summed E-state index contributed by atoms with van der Waals surface area (Å²) in [6, 6.07) is 20.0. The molecule has 1 unspecified atom stereocenters. The number of carbonyl (C=O) groups is 1. The Hall–Kier alpha value is -3.47. The van der Waals surface area contributed by atoms with Crippen molar-refractivity contribution >= 4 is 34.6 Å². The van der Waals surface area contributed by atoms with E-state index < -0.39 is 17.4 Å².